The van der Waals surface area contributed by atoms with Crippen molar-refractivity contribution in [3.63, 3.8) is 0 Å². The first kappa shape index (κ1) is 26.8. The minimum atomic E-state index is -1.31. The first-order valence-corrected chi connectivity index (χ1v) is 12.7. The van der Waals surface area contributed by atoms with Crippen molar-refractivity contribution in [1.82, 2.24) is 0 Å². The van der Waals surface area contributed by atoms with Gasteiger partial charge in [-0.25, -0.2) is 0 Å². The fourth-order valence-electron chi connectivity index (χ4n) is 4.71. The Morgan fingerprint density at radius 2 is 1.16 bits per heavy atom. The Morgan fingerprint density at radius 1 is 0.594 bits per heavy atom. The van der Waals surface area contributed by atoms with Crippen molar-refractivity contribution in [2.45, 2.75) is 91.1 Å². The second kappa shape index (κ2) is 13.9. The molecule has 1 atom stereocenters. The van der Waals surface area contributed by atoms with Crippen molar-refractivity contribution < 1.29 is 18.9 Å². The number of ether oxygens (including phenoxy) is 4. The summed E-state index contributed by atoms with van der Waals surface area (Å²) in [7, 11) is 0. The third-order valence-electron chi connectivity index (χ3n) is 6.00. The molecule has 180 valence electrons. The molecule has 0 spiro atoms. The molecule has 0 saturated heterocycles. The lowest BCUT2D eigenvalue weighted by molar-refractivity contribution is -0.450. The quantitative estimate of drug-likeness (QED) is 0.186. The molecular weight excluding hydrogens is 400 g/mol. The van der Waals surface area contributed by atoms with Crippen LogP contribution in [-0.4, -0.2) is 32.4 Å². The zero-order valence-corrected chi connectivity index (χ0v) is 21.0. The van der Waals surface area contributed by atoms with E-state index >= 15 is 0 Å². The standard InChI is InChI=1S/C28H44O4/c1-6-11-12-13-14-17-23-27(29-7-2,28(30-8-3,31-9-4)32-10-5)26-22-18-20-24-19-15-16-21-25(24)26/h15-16,18-22H,6-14,17,23H2,1-5H3. The molecule has 1 unspecified atom stereocenters. The summed E-state index contributed by atoms with van der Waals surface area (Å²) >= 11 is 0. The fraction of sp³-hybridized carbons (Fsp3) is 0.643. The molecule has 4 heteroatoms. The Balaban J connectivity index is 2.62. The average Bonchev–Trinajstić information content (AvgIpc) is 2.80. The molecule has 0 N–H and O–H groups in total. The molecule has 2 aromatic carbocycles. The molecule has 0 heterocycles. The van der Waals surface area contributed by atoms with Crippen molar-refractivity contribution in [2.75, 3.05) is 26.4 Å². The van der Waals surface area contributed by atoms with E-state index in [9.17, 15) is 0 Å². The molecule has 0 aliphatic carbocycles. The number of hydrogen-bond donors (Lipinski definition) is 0. The molecule has 0 saturated carbocycles. The van der Waals surface area contributed by atoms with Gasteiger partial charge in [-0.2, -0.15) is 0 Å². The highest BCUT2D eigenvalue weighted by atomic mass is 16.9. The zero-order valence-electron chi connectivity index (χ0n) is 21.0. The minimum Gasteiger partial charge on any atom is -0.362 e. The van der Waals surface area contributed by atoms with Crippen LogP contribution in [0.25, 0.3) is 10.8 Å². The smallest absolute Gasteiger partial charge is 0.318 e. The minimum absolute atomic E-state index is 0.468. The van der Waals surface area contributed by atoms with Gasteiger partial charge in [0, 0.05) is 26.4 Å². The summed E-state index contributed by atoms with van der Waals surface area (Å²) in [6.07, 6.45) is 7.99. The summed E-state index contributed by atoms with van der Waals surface area (Å²) in [5.41, 5.74) is 0.191. The number of benzene rings is 2. The maximum atomic E-state index is 6.70. The van der Waals surface area contributed by atoms with Gasteiger partial charge in [0.15, 0.2) is 5.60 Å². The van der Waals surface area contributed by atoms with Gasteiger partial charge < -0.3 is 18.9 Å². The van der Waals surface area contributed by atoms with E-state index in [0.29, 0.717) is 26.4 Å². The number of unbranched alkanes of at least 4 members (excludes halogenated alkanes) is 5. The highest BCUT2D eigenvalue weighted by Gasteiger charge is 2.58. The second-order valence-electron chi connectivity index (χ2n) is 8.16. The van der Waals surface area contributed by atoms with Crippen LogP contribution >= 0.6 is 0 Å². The van der Waals surface area contributed by atoms with E-state index in [1.54, 1.807) is 0 Å². The molecule has 0 bridgehead atoms. The Morgan fingerprint density at radius 3 is 1.78 bits per heavy atom. The Labute approximate surface area is 195 Å². The lowest BCUT2D eigenvalue weighted by Gasteiger charge is -2.48. The largest absolute Gasteiger partial charge is 0.362 e. The maximum absolute atomic E-state index is 6.70. The van der Waals surface area contributed by atoms with Crippen LogP contribution in [0.15, 0.2) is 42.5 Å². The SMILES string of the molecule is CCCCCCCCC(OCC)(c1cccc2ccccc12)C(OCC)(OCC)OCC. The molecular formula is C28H44O4. The topological polar surface area (TPSA) is 36.9 Å². The van der Waals surface area contributed by atoms with Gasteiger partial charge in [-0.1, -0.05) is 81.5 Å². The van der Waals surface area contributed by atoms with Crippen LogP contribution in [0, 0.1) is 0 Å². The molecule has 4 nitrogen and oxygen atoms in total. The van der Waals surface area contributed by atoms with E-state index in [1.807, 2.05) is 27.7 Å². The highest BCUT2D eigenvalue weighted by Crippen LogP contribution is 2.47. The van der Waals surface area contributed by atoms with Crippen LogP contribution in [0.4, 0.5) is 0 Å². The highest BCUT2D eigenvalue weighted by molar-refractivity contribution is 5.86. The van der Waals surface area contributed by atoms with Gasteiger partial charge >= 0.3 is 5.97 Å². The monoisotopic (exact) mass is 444 g/mol. The van der Waals surface area contributed by atoms with Crippen molar-refractivity contribution in [3.8, 4) is 0 Å². The molecule has 0 radical (unpaired) electrons. The first-order valence-electron chi connectivity index (χ1n) is 12.7. The first-order chi connectivity index (χ1) is 15.6. The van der Waals surface area contributed by atoms with Gasteiger partial charge in [0.05, 0.1) is 0 Å². The van der Waals surface area contributed by atoms with Crippen LogP contribution < -0.4 is 0 Å². The predicted octanol–water partition coefficient (Wildman–Crippen LogP) is 7.59. The summed E-state index contributed by atoms with van der Waals surface area (Å²) in [5.74, 6) is -1.31. The molecule has 2 rings (SSSR count). The summed E-state index contributed by atoms with van der Waals surface area (Å²) in [5, 5.41) is 2.33. The normalized spacial score (nSPS) is 14.0. The summed E-state index contributed by atoms with van der Waals surface area (Å²) in [6.45, 7) is 12.2. The van der Waals surface area contributed by atoms with Crippen LogP contribution in [0.2, 0.25) is 0 Å². The molecule has 0 aromatic heterocycles. The van der Waals surface area contributed by atoms with Gasteiger partial charge in [-0.15, -0.1) is 0 Å². The van der Waals surface area contributed by atoms with E-state index in [-0.39, 0.29) is 0 Å². The van der Waals surface area contributed by atoms with E-state index < -0.39 is 11.6 Å². The summed E-state index contributed by atoms with van der Waals surface area (Å²) in [6, 6.07) is 14.9. The van der Waals surface area contributed by atoms with E-state index in [0.717, 1.165) is 30.2 Å². The second-order valence-corrected chi connectivity index (χ2v) is 8.16. The maximum Gasteiger partial charge on any atom is 0.318 e. The van der Waals surface area contributed by atoms with Gasteiger partial charge in [0.25, 0.3) is 0 Å². The lowest BCUT2D eigenvalue weighted by atomic mass is 9.82. The Kier molecular flexibility index (Phi) is 11.7. The number of rotatable bonds is 17. The van der Waals surface area contributed by atoms with Gasteiger partial charge in [-0.3, -0.25) is 0 Å². The summed E-state index contributed by atoms with van der Waals surface area (Å²) in [4.78, 5) is 0. The summed E-state index contributed by atoms with van der Waals surface area (Å²) < 4.78 is 25.8. The Bertz CT molecular complexity index is 753. The number of fused-ring (bicyclic) bond motifs is 1. The Hall–Kier alpha value is -1.46. The third kappa shape index (κ3) is 6.11. The van der Waals surface area contributed by atoms with Gasteiger partial charge in [-0.05, 0) is 56.9 Å². The van der Waals surface area contributed by atoms with Crippen LogP contribution in [0.5, 0.6) is 0 Å². The van der Waals surface area contributed by atoms with Crippen molar-refractivity contribution in [2.24, 2.45) is 0 Å². The van der Waals surface area contributed by atoms with Crippen molar-refractivity contribution in [3.05, 3.63) is 48.0 Å². The van der Waals surface area contributed by atoms with E-state index in [1.165, 1.54) is 31.1 Å². The molecule has 32 heavy (non-hydrogen) atoms. The lowest BCUT2D eigenvalue weighted by Crippen LogP contribution is -2.59. The van der Waals surface area contributed by atoms with Gasteiger partial charge in [0.2, 0.25) is 0 Å². The molecule has 0 aliphatic heterocycles. The number of hydrogen-bond acceptors (Lipinski definition) is 4. The van der Waals surface area contributed by atoms with E-state index in [4.69, 9.17) is 18.9 Å². The fourth-order valence-corrected chi connectivity index (χ4v) is 4.71. The average molecular weight is 445 g/mol. The molecule has 0 aliphatic rings. The zero-order chi connectivity index (χ0) is 23.3. The van der Waals surface area contributed by atoms with Crippen LogP contribution in [-0.2, 0) is 24.5 Å². The predicted molar refractivity (Wildman–Crippen MR) is 133 cm³/mol. The molecule has 0 fully saturated rings. The van der Waals surface area contributed by atoms with Crippen molar-refractivity contribution in [1.29, 1.82) is 0 Å². The van der Waals surface area contributed by atoms with Crippen LogP contribution in [0.3, 0.4) is 0 Å². The van der Waals surface area contributed by atoms with E-state index in [2.05, 4.69) is 49.4 Å². The molecule has 2 aromatic rings. The van der Waals surface area contributed by atoms with Gasteiger partial charge in [0.1, 0.15) is 0 Å². The van der Waals surface area contributed by atoms with Crippen LogP contribution in [0.1, 0.15) is 85.1 Å². The third-order valence-corrected chi connectivity index (χ3v) is 6.00. The van der Waals surface area contributed by atoms with Crippen molar-refractivity contribution >= 4 is 10.8 Å². The molecule has 0 amide bonds.